The summed E-state index contributed by atoms with van der Waals surface area (Å²) in [5, 5.41) is 28.0. The summed E-state index contributed by atoms with van der Waals surface area (Å²) in [6.45, 7) is -1.28. The van der Waals surface area contributed by atoms with Crippen LogP contribution in [0.25, 0.3) is 0 Å². The van der Waals surface area contributed by atoms with Gasteiger partial charge >= 0.3 is 20.8 Å². The Kier molecular flexibility index (Phi) is 7.06. The Morgan fingerprint density at radius 1 is 1.05 bits per heavy atom. The van der Waals surface area contributed by atoms with E-state index in [-0.39, 0.29) is 0 Å². The first-order valence-electron chi connectivity index (χ1n) is 4.85. The monoisotopic (exact) mass is 355 g/mol. The van der Waals surface area contributed by atoms with Gasteiger partial charge in [-0.05, 0) is 0 Å². The fraction of sp³-hybridized carbons (Fsp3) is 0.833. The minimum Gasteiger partial charge on any atom is -0.388 e. The molecule has 0 bridgehead atoms. The van der Waals surface area contributed by atoms with E-state index >= 15 is 0 Å². The van der Waals surface area contributed by atoms with Gasteiger partial charge in [-0.15, -0.1) is 0 Å². The molecule has 0 saturated carbocycles. The Hall–Kier alpha value is -0.910. The van der Waals surface area contributed by atoms with Gasteiger partial charge < -0.3 is 21.1 Å². The van der Waals surface area contributed by atoms with Crippen LogP contribution in [0.5, 0.6) is 0 Å². The van der Waals surface area contributed by atoms with Crippen molar-refractivity contribution >= 4 is 26.7 Å². The molecule has 0 heterocycles. The fourth-order valence-corrected chi connectivity index (χ4v) is 1.88. The van der Waals surface area contributed by atoms with Crippen LogP contribution in [0.15, 0.2) is 0 Å². The second-order valence-corrected chi connectivity index (χ2v) is 5.75. The standard InChI is InChI=1S/C6H13NO12S2/c7-6(11)4(10)5(19-21(15,16)17)3(9)2(8)1-18-20(12,13)14/h2-5,8-10H,1H2,(H2,7,11)(H,12,13,14)(H,15,16,17)/t2-,3+,4-,5+/m1/s1. The Morgan fingerprint density at radius 2 is 1.52 bits per heavy atom. The molecule has 1 amide bonds. The second kappa shape index (κ2) is 7.38. The van der Waals surface area contributed by atoms with Crippen molar-refractivity contribution in [3.63, 3.8) is 0 Å². The molecule has 15 heteroatoms. The zero-order chi connectivity index (χ0) is 17.0. The summed E-state index contributed by atoms with van der Waals surface area (Å²) in [4.78, 5) is 10.7. The van der Waals surface area contributed by atoms with E-state index in [0.717, 1.165) is 0 Å². The quantitative estimate of drug-likeness (QED) is 0.215. The minimum absolute atomic E-state index is 1.28. The van der Waals surface area contributed by atoms with E-state index < -0.39 is 57.7 Å². The van der Waals surface area contributed by atoms with E-state index in [1.54, 1.807) is 0 Å². The van der Waals surface area contributed by atoms with Gasteiger partial charge in [-0.1, -0.05) is 0 Å². The van der Waals surface area contributed by atoms with Gasteiger partial charge in [0.1, 0.15) is 18.3 Å². The number of rotatable bonds is 9. The number of carbonyl (C=O) groups is 1. The summed E-state index contributed by atoms with van der Waals surface area (Å²) < 4.78 is 65.7. The smallest absolute Gasteiger partial charge is 0.388 e. The number of hydrogen-bond donors (Lipinski definition) is 6. The predicted octanol–water partition coefficient (Wildman–Crippen LogP) is -4.44. The molecule has 0 aromatic carbocycles. The third-order valence-corrected chi connectivity index (χ3v) is 2.85. The van der Waals surface area contributed by atoms with Crippen molar-refractivity contribution in [3.05, 3.63) is 0 Å². The van der Waals surface area contributed by atoms with Crippen LogP contribution < -0.4 is 5.73 Å². The average molecular weight is 355 g/mol. The number of carbonyl (C=O) groups excluding carboxylic acids is 1. The molecular formula is C6H13NO12S2. The second-order valence-electron chi connectivity index (χ2n) is 3.61. The van der Waals surface area contributed by atoms with Crippen LogP contribution in [0.2, 0.25) is 0 Å². The van der Waals surface area contributed by atoms with Gasteiger partial charge in [0.15, 0.2) is 6.10 Å². The molecule has 13 nitrogen and oxygen atoms in total. The lowest BCUT2D eigenvalue weighted by Gasteiger charge is -2.27. The average Bonchev–Trinajstić information content (AvgIpc) is 2.29. The lowest BCUT2D eigenvalue weighted by molar-refractivity contribution is -0.142. The van der Waals surface area contributed by atoms with Gasteiger partial charge in [-0.3, -0.25) is 13.9 Å². The fourth-order valence-electron chi connectivity index (χ4n) is 1.07. The molecule has 21 heavy (non-hydrogen) atoms. The van der Waals surface area contributed by atoms with Crippen molar-refractivity contribution in [1.29, 1.82) is 0 Å². The van der Waals surface area contributed by atoms with Crippen molar-refractivity contribution in [2.24, 2.45) is 5.73 Å². The first kappa shape index (κ1) is 20.1. The molecule has 0 fully saturated rings. The number of hydrogen-bond acceptors (Lipinski definition) is 10. The first-order valence-corrected chi connectivity index (χ1v) is 7.58. The molecule has 0 aromatic heterocycles. The highest BCUT2D eigenvalue weighted by Crippen LogP contribution is 2.13. The summed E-state index contributed by atoms with van der Waals surface area (Å²) in [5.41, 5.74) is 4.63. The first-order chi connectivity index (χ1) is 9.24. The van der Waals surface area contributed by atoms with Gasteiger partial charge in [0.05, 0.1) is 6.61 Å². The highest BCUT2D eigenvalue weighted by Gasteiger charge is 2.39. The summed E-state index contributed by atoms with van der Waals surface area (Å²) in [7, 11) is -10.3. The van der Waals surface area contributed by atoms with Gasteiger partial charge in [0.25, 0.3) is 0 Å². The van der Waals surface area contributed by atoms with E-state index in [0.29, 0.717) is 0 Å². The molecule has 0 spiro atoms. The molecule has 0 aromatic rings. The molecule has 0 aliphatic heterocycles. The Bertz CT molecular complexity index is 554. The van der Waals surface area contributed by atoms with Crippen LogP contribution in [-0.2, 0) is 34.0 Å². The van der Waals surface area contributed by atoms with E-state index in [1.807, 2.05) is 0 Å². The zero-order valence-electron chi connectivity index (χ0n) is 10.0. The molecule has 0 aliphatic carbocycles. The van der Waals surface area contributed by atoms with Gasteiger partial charge in [0, 0.05) is 0 Å². The number of aliphatic hydroxyl groups is 3. The van der Waals surface area contributed by atoms with Crippen LogP contribution in [0.1, 0.15) is 0 Å². The molecule has 4 atom stereocenters. The van der Waals surface area contributed by atoms with Gasteiger partial charge in [-0.25, -0.2) is 8.37 Å². The topological polar surface area (TPSA) is 231 Å². The summed E-state index contributed by atoms with van der Waals surface area (Å²) >= 11 is 0. The van der Waals surface area contributed by atoms with E-state index in [1.165, 1.54) is 0 Å². The van der Waals surface area contributed by atoms with Crippen molar-refractivity contribution in [1.82, 2.24) is 0 Å². The molecule has 0 unspecified atom stereocenters. The lowest BCUT2D eigenvalue weighted by atomic mass is 10.0. The van der Waals surface area contributed by atoms with E-state index in [2.05, 4.69) is 14.1 Å². The van der Waals surface area contributed by atoms with Gasteiger partial charge in [0.2, 0.25) is 5.91 Å². The van der Waals surface area contributed by atoms with Crippen LogP contribution in [0, 0.1) is 0 Å². The largest absolute Gasteiger partial charge is 0.397 e. The molecule has 126 valence electrons. The lowest BCUT2D eigenvalue weighted by Crippen LogP contribution is -2.52. The normalized spacial score (nSPS) is 18.7. The van der Waals surface area contributed by atoms with Crippen LogP contribution >= 0.6 is 0 Å². The van der Waals surface area contributed by atoms with E-state index in [9.17, 15) is 36.9 Å². The maximum atomic E-state index is 10.7. The van der Waals surface area contributed by atoms with Crippen molar-refractivity contribution in [2.45, 2.75) is 24.4 Å². The third-order valence-electron chi connectivity index (χ3n) is 1.95. The summed E-state index contributed by atoms with van der Waals surface area (Å²) in [6, 6.07) is 0. The van der Waals surface area contributed by atoms with Crippen LogP contribution in [-0.4, -0.2) is 78.2 Å². The Labute approximate surface area is 118 Å². The Morgan fingerprint density at radius 3 is 1.86 bits per heavy atom. The molecule has 0 saturated heterocycles. The van der Waals surface area contributed by atoms with Crippen LogP contribution in [0.3, 0.4) is 0 Å². The SMILES string of the molecule is NC(=O)[C@H](O)[C@@H](OS(=O)(=O)O)[C@@H](O)[C@H](O)COS(=O)(=O)O. The maximum absolute atomic E-state index is 10.7. The molecule has 0 rings (SSSR count). The zero-order valence-corrected chi connectivity index (χ0v) is 11.6. The number of primary amides is 1. The summed E-state index contributed by atoms with van der Waals surface area (Å²) in [5.74, 6) is -1.58. The Balaban J connectivity index is 5.09. The highest BCUT2D eigenvalue weighted by molar-refractivity contribution is 7.81. The molecule has 0 radical (unpaired) electrons. The highest BCUT2D eigenvalue weighted by atomic mass is 32.3. The van der Waals surface area contributed by atoms with Crippen molar-refractivity contribution < 1.29 is 54.4 Å². The minimum atomic E-state index is -5.27. The van der Waals surface area contributed by atoms with Crippen molar-refractivity contribution in [2.75, 3.05) is 6.61 Å². The van der Waals surface area contributed by atoms with Gasteiger partial charge in [-0.2, -0.15) is 16.8 Å². The van der Waals surface area contributed by atoms with Crippen molar-refractivity contribution in [3.8, 4) is 0 Å². The predicted molar refractivity (Wildman–Crippen MR) is 61.1 cm³/mol. The number of amides is 1. The van der Waals surface area contributed by atoms with E-state index in [4.69, 9.17) is 9.11 Å². The maximum Gasteiger partial charge on any atom is 0.397 e. The molecular weight excluding hydrogens is 342 g/mol. The third kappa shape index (κ3) is 8.19. The molecule has 0 aliphatic rings. The number of aliphatic hydroxyl groups excluding tert-OH is 3. The summed E-state index contributed by atoms with van der Waals surface area (Å²) in [6.07, 6.45) is -9.62. The van der Waals surface area contributed by atoms with Crippen LogP contribution in [0.4, 0.5) is 0 Å². The number of nitrogens with two attached hydrogens (primary N) is 1. The molecule has 7 N–H and O–H groups in total.